The van der Waals surface area contributed by atoms with Gasteiger partial charge < -0.3 is 14.4 Å². The zero-order chi connectivity index (χ0) is 15.9. The number of amides is 1. The van der Waals surface area contributed by atoms with E-state index in [1.807, 2.05) is 30.0 Å². The number of carbonyl (C=O) groups is 1. The van der Waals surface area contributed by atoms with Crippen molar-refractivity contribution in [1.82, 2.24) is 14.4 Å². The van der Waals surface area contributed by atoms with Crippen LogP contribution in [0.1, 0.15) is 23.0 Å². The maximum absolute atomic E-state index is 13.0. The summed E-state index contributed by atoms with van der Waals surface area (Å²) in [4.78, 5) is 17.2. The van der Waals surface area contributed by atoms with Gasteiger partial charge >= 0.3 is 0 Å². The van der Waals surface area contributed by atoms with E-state index in [1.165, 1.54) is 0 Å². The van der Waals surface area contributed by atoms with E-state index in [4.69, 9.17) is 11.6 Å². The van der Waals surface area contributed by atoms with Crippen molar-refractivity contribution in [2.75, 3.05) is 33.2 Å². The van der Waals surface area contributed by atoms with Crippen LogP contribution in [0.15, 0.2) is 18.2 Å². The molecule has 0 atom stereocenters. The molecule has 1 fully saturated rings. The van der Waals surface area contributed by atoms with Gasteiger partial charge in [-0.25, -0.2) is 0 Å². The molecule has 1 aromatic heterocycles. The smallest absolute Gasteiger partial charge is 0.270 e. The van der Waals surface area contributed by atoms with Gasteiger partial charge in [-0.15, -0.1) is 0 Å². The Kier molecular flexibility index (Phi) is 4.15. The molecule has 0 aliphatic carbocycles. The highest BCUT2D eigenvalue weighted by Crippen LogP contribution is 2.29. The maximum Gasteiger partial charge on any atom is 0.270 e. The van der Waals surface area contributed by atoms with Gasteiger partial charge in [0, 0.05) is 48.6 Å². The van der Waals surface area contributed by atoms with Crippen LogP contribution >= 0.6 is 11.6 Å². The predicted octanol–water partition coefficient (Wildman–Crippen LogP) is 3.01. The Balaban J connectivity index is 2.06. The summed E-state index contributed by atoms with van der Waals surface area (Å²) in [5.74, 6) is 0.139. The summed E-state index contributed by atoms with van der Waals surface area (Å²) >= 11 is 6.13. The monoisotopic (exact) mass is 319 g/mol. The van der Waals surface area contributed by atoms with Crippen LogP contribution < -0.4 is 0 Å². The van der Waals surface area contributed by atoms with Crippen LogP contribution in [0, 0.1) is 6.92 Å². The van der Waals surface area contributed by atoms with Gasteiger partial charge in [0.25, 0.3) is 5.91 Å². The van der Waals surface area contributed by atoms with Crippen molar-refractivity contribution >= 4 is 28.4 Å². The minimum atomic E-state index is 0.139. The molecule has 0 radical (unpaired) electrons. The number of carbonyl (C=O) groups excluding carboxylic acids is 1. The number of hydrogen-bond acceptors (Lipinski definition) is 2. The highest BCUT2D eigenvalue weighted by Gasteiger charge is 2.26. The van der Waals surface area contributed by atoms with Crippen LogP contribution in [0.3, 0.4) is 0 Å². The average molecular weight is 320 g/mol. The molecule has 3 rings (SSSR count). The fraction of sp³-hybridized carbons (Fsp3) is 0.471. The van der Waals surface area contributed by atoms with Crippen LogP contribution in [-0.4, -0.2) is 53.5 Å². The molecule has 2 aromatic rings. The van der Waals surface area contributed by atoms with Crippen LogP contribution in [-0.2, 0) is 6.54 Å². The predicted molar refractivity (Wildman–Crippen MR) is 90.8 cm³/mol. The Morgan fingerprint density at radius 3 is 2.55 bits per heavy atom. The summed E-state index contributed by atoms with van der Waals surface area (Å²) in [6.45, 7) is 8.33. The second kappa shape index (κ2) is 5.94. The fourth-order valence-corrected chi connectivity index (χ4v) is 3.43. The van der Waals surface area contributed by atoms with E-state index < -0.39 is 0 Å². The summed E-state index contributed by atoms with van der Waals surface area (Å²) in [5, 5.41) is 1.79. The summed E-state index contributed by atoms with van der Waals surface area (Å²) in [6.07, 6.45) is 0. The third kappa shape index (κ3) is 2.50. The number of halogens is 1. The molecule has 22 heavy (non-hydrogen) atoms. The van der Waals surface area contributed by atoms with Gasteiger partial charge in [-0.1, -0.05) is 11.6 Å². The Morgan fingerprint density at radius 2 is 1.91 bits per heavy atom. The Bertz CT molecular complexity index is 714. The van der Waals surface area contributed by atoms with Crippen LogP contribution in [0.25, 0.3) is 10.9 Å². The lowest BCUT2D eigenvalue weighted by atomic mass is 10.1. The number of hydrogen-bond donors (Lipinski definition) is 0. The molecular weight excluding hydrogens is 298 g/mol. The lowest BCUT2D eigenvalue weighted by Crippen LogP contribution is -2.47. The molecule has 0 unspecified atom stereocenters. The largest absolute Gasteiger partial charge is 0.337 e. The standard InChI is InChI=1S/C17H22ClN3O/c1-4-21-15-6-5-13(18)11-14(15)12(2)16(21)17(22)20-9-7-19(3)8-10-20/h5-6,11H,4,7-10H2,1-3H3. The number of benzene rings is 1. The summed E-state index contributed by atoms with van der Waals surface area (Å²) in [6, 6.07) is 5.85. The number of rotatable bonds is 2. The maximum atomic E-state index is 13.0. The van der Waals surface area contributed by atoms with Crippen molar-refractivity contribution in [3.05, 3.63) is 34.5 Å². The van der Waals surface area contributed by atoms with Gasteiger partial charge in [0.15, 0.2) is 0 Å². The molecule has 1 aromatic carbocycles. The van der Waals surface area contributed by atoms with E-state index in [9.17, 15) is 4.79 Å². The molecule has 1 saturated heterocycles. The number of aryl methyl sites for hydroxylation is 2. The average Bonchev–Trinajstić information content (AvgIpc) is 2.79. The van der Waals surface area contributed by atoms with Crippen molar-refractivity contribution in [2.45, 2.75) is 20.4 Å². The Morgan fingerprint density at radius 1 is 1.23 bits per heavy atom. The fourth-order valence-electron chi connectivity index (χ4n) is 3.26. The lowest BCUT2D eigenvalue weighted by Gasteiger charge is -2.32. The van der Waals surface area contributed by atoms with Crippen molar-refractivity contribution < 1.29 is 4.79 Å². The van der Waals surface area contributed by atoms with E-state index in [0.717, 1.165) is 54.9 Å². The number of piperazine rings is 1. The number of nitrogens with zero attached hydrogens (tertiary/aromatic N) is 3. The minimum absolute atomic E-state index is 0.139. The van der Waals surface area contributed by atoms with Crippen molar-refractivity contribution in [3.63, 3.8) is 0 Å². The molecular formula is C17H22ClN3O. The van der Waals surface area contributed by atoms with Gasteiger partial charge in [0.2, 0.25) is 0 Å². The highest BCUT2D eigenvalue weighted by molar-refractivity contribution is 6.31. The third-order valence-corrected chi connectivity index (χ3v) is 4.82. The van der Waals surface area contributed by atoms with E-state index in [0.29, 0.717) is 5.02 Å². The molecule has 5 heteroatoms. The van der Waals surface area contributed by atoms with Crippen molar-refractivity contribution in [1.29, 1.82) is 0 Å². The zero-order valence-electron chi connectivity index (χ0n) is 13.4. The molecule has 0 N–H and O–H groups in total. The van der Waals surface area contributed by atoms with E-state index in [-0.39, 0.29) is 5.91 Å². The van der Waals surface area contributed by atoms with Crippen LogP contribution in [0.4, 0.5) is 0 Å². The van der Waals surface area contributed by atoms with Gasteiger partial charge in [-0.3, -0.25) is 4.79 Å². The number of fused-ring (bicyclic) bond motifs is 1. The first-order chi connectivity index (χ1) is 10.5. The molecule has 0 saturated carbocycles. The topological polar surface area (TPSA) is 28.5 Å². The normalized spacial score (nSPS) is 16.5. The quantitative estimate of drug-likeness (QED) is 0.851. The highest BCUT2D eigenvalue weighted by atomic mass is 35.5. The Labute approximate surface area is 136 Å². The molecule has 1 aliphatic heterocycles. The second-order valence-electron chi connectivity index (χ2n) is 5.97. The molecule has 118 valence electrons. The molecule has 1 aliphatic rings. The van der Waals surface area contributed by atoms with Gasteiger partial charge in [-0.2, -0.15) is 0 Å². The third-order valence-electron chi connectivity index (χ3n) is 4.59. The molecule has 0 spiro atoms. The molecule has 4 nitrogen and oxygen atoms in total. The molecule has 2 heterocycles. The lowest BCUT2D eigenvalue weighted by molar-refractivity contribution is 0.0653. The van der Waals surface area contributed by atoms with Gasteiger partial charge in [-0.05, 0) is 44.7 Å². The van der Waals surface area contributed by atoms with E-state index in [2.05, 4.69) is 23.4 Å². The zero-order valence-corrected chi connectivity index (χ0v) is 14.2. The number of likely N-dealkylation sites (N-methyl/N-ethyl adjacent to an activating group) is 1. The SMILES string of the molecule is CCn1c(C(=O)N2CCN(C)CC2)c(C)c2cc(Cl)ccc21. The Hall–Kier alpha value is -1.52. The first kappa shape index (κ1) is 15.4. The summed E-state index contributed by atoms with van der Waals surface area (Å²) in [7, 11) is 2.10. The van der Waals surface area contributed by atoms with Gasteiger partial charge in [0.1, 0.15) is 5.69 Å². The first-order valence-corrected chi connectivity index (χ1v) is 8.17. The second-order valence-corrected chi connectivity index (χ2v) is 6.41. The number of aromatic nitrogens is 1. The van der Waals surface area contributed by atoms with Crippen molar-refractivity contribution in [3.8, 4) is 0 Å². The van der Waals surface area contributed by atoms with Crippen LogP contribution in [0.5, 0.6) is 0 Å². The summed E-state index contributed by atoms with van der Waals surface area (Å²) < 4.78 is 2.11. The van der Waals surface area contributed by atoms with Gasteiger partial charge in [0.05, 0.1) is 0 Å². The van der Waals surface area contributed by atoms with E-state index >= 15 is 0 Å². The minimum Gasteiger partial charge on any atom is -0.337 e. The first-order valence-electron chi connectivity index (χ1n) is 7.79. The molecule has 0 bridgehead atoms. The van der Waals surface area contributed by atoms with Crippen LogP contribution in [0.2, 0.25) is 5.02 Å². The summed E-state index contributed by atoms with van der Waals surface area (Å²) in [5.41, 5.74) is 2.93. The van der Waals surface area contributed by atoms with E-state index in [1.54, 1.807) is 0 Å². The molecule has 1 amide bonds. The van der Waals surface area contributed by atoms with Crippen molar-refractivity contribution in [2.24, 2.45) is 0 Å².